The SMILES string of the molecule is O=S(=O)(O)c1c[nH][13c]2[13cH][13cH][13cH][13cH][13c]12. The van der Waals surface area contributed by atoms with Crippen molar-refractivity contribution in [2.75, 3.05) is 0 Å². The Labute approximate surface area is 75.0 Å². The molecule has 68 valence electrons. The van der Waals surface area contributed by atoms with E-state index >= 15 is 0 Å². The number of rotatable bonds is 1. The number of H-pyrrole nitrogens is 1. The highest BCUT2D eigenvalue weighted by Crippen LogP contribution is 2.21. The van der Waals surface area contributed by atoms with Gasteiger partial charge >= 0.3 is 0 Å². The molecule has 0 saturated heterocycles. The molecule has 0 spiro atoms. The van der Waals surface area contributed by atoms with E-state index in [0.29, 0.717) is 10.9 Å². The van der Waals surface area contributed by atoms with Gasteiger partial charge in [0.2, 0.25) is 0 Å². The van der Waals surface area contributed by atoms with Crippen molar-refractivity contribution in [3.05, 3.63) is 30.5 Å². The molecule has 2 N–H and O–H groups in total. The molecule has 0 aliphatic carbocycles. The van der Waals surface area contributed by atoms with Gasteiger partial charge < -0.3 is 4.98 Å². The lowest BCUT2D eigenvalue weighted by molar-refractivity contribution is 0.484. The highest BCUT2D eigenvalue weighted by atomic mass is 32.2. The van der Waals surface area contributed by atoms with Crippen LogP contribution in [-0.2, 0) is 10.1 Å². The summed E-state index contributed by atoms with van der Waals surface area (Å²) in [4.78, 5) is 2.68. The second-order valence-corrected chi connectivity index (χ2v) is 4.06. The summed E-state index contributed by atoms with van der Waals surface area (Å²) in [5, 5.41) is 0.505. The fourth-order valence-electron chi connectivity index (χ4n) is 1.26. The number of aromatic amines is 1. The molecule has 0 radical (unpaired) electrons. The van der Waals surface area contributed by atoms with E-state index in [9.17, 15) is 8.42 Å². The monoisotopic (exact) mass is 203 g/mol. The molecule has 0 saturated carbocycles. The number of hydrogen-bond acceptors (Lipinski definition) is 2. The van der Waals surface area contributed by atoms with E-state index in [4.69, 9.17) is 4.55 Å². The molecule has 0 unspecified atom stereocenters. The van der Waals surface area contributed by atoms with Crippen molar-refractivity contribution in [1.29, 1.82) is 0 Å². The second kappa shape index (κ2) is 2.58. The van der Waals surface area contributed by atoms with Gasteiger partial charge in [0.05, 0.1) is 0 Å². The normalized spacial score (nSPS) is 12.1. The molecule has 0 aliphatic rings. The Morgan fingerprint density at radius 3 is 2.62 bits per heavy atom. The second-order valence-electron chi connectivity index (χ2n) is 2.67. The van der Waals surface area contributed by atoms with Crippen molar-refractivity contribution < 1.29 is 13.0 Å². The Balaban J connectivity index is 2.87. The van der Waals surface area contributed by atoms with Crippen LogP contribution in [0.15, 0.2) is 35.4 Å². The number of nitrogens with one attached hydrogen (secondary N) is 1. The minimum atomic E-state index is -4.12. The quantitative estimate of drug-likeness (QED) is 0.688. The maximum Gasteiger partial charge on any atom is 0.296 e. The molecule has 2 rings (SSSR count). The van der Waals surface area contributed by atoms with Gasteiger partial charge in [0.25, 0.3) is 10.1 Å². The minimum absolute atomic E-state index is 0.0805. The van der Waals surface area contributed by atoms with Gasteiger partial charge in [-0.25, -0.2) is 0 Å². The van der Waals surface area contributed by atoms with Gasteiger partial charge in [-0.2, -0.15) is 8.42 Å². The maximum atomic E-state index is 10.8. The molecule has 1 aromatic heterocycles. The molecule has 1 aromatic carbocycles. The summed E-state index contributed by atoms with van der Waals surface area (Å²) in [6.07, 6.45) is 1.28. The summed E-state index contributed by atoms with van der Waals surface area (Å²) in [5.74, 6) is 0. The highest BCUT2D eigenvalue weighted by molar-refractivity contribution is 7.86. The third-order valence-corrected chi connectivity index (χ3v) is 2.72. The van der Waals surface area contributed by atoms with Gasteiger partial charge in [0.1, 0.15) is 4.90 Å². The van der Waals surface area contributed by atoms with E-state index in [2.05, 4.69) is 4.98 Å². The van der Waals surface area contributed by atoms with Crippen LogP contribution in [0, 0.1) is 0 Å². The molecule has 13 heavy (non-hydrogen) atoms. The number of hydrogen-bond donors (Lipinski definition) is 2. The summed E-state index contributed by atoms with van der Waals surface area (Å²) in [6, 6.07) is 6.87. The largest absolute Gasteiger partial charge is 0.360 e. The smallest absolute Gasteiger partial charge is 0.296 e. The van der Waals surface area contributed by atoms with E-state index < -0.39 is 10.1 Å². The topological polar surface area (TPSA) is 70.2 Å². The molecule has 0 bridgehead atoms. The van der Waals surface area contributed by atoms with E-state index in [0.717, 1.165) is 0 Å². The van der Waals surface area contributed by atoms with Gasteiger partial charge in [-0.1, -0.05) is 18.2 Å². The Kier molecular flexibility index (Phi) is 1.64. The van der Waals surface area contributed by atoms with Gasteiger partial charge in [-0.3, -0.25) is 4.55 Å². The van der Waals surface area contributed by atoms with E-state index in [1.165, 1.54) is 6.20 Å². The van der Waals surface area contributed by atoms with Gasteiger partial charge in [0.15, 0.2) is 0 Å². The van der Waals surface area contributed by atoms with Gasteiger partial charge in [0, 0.05) is 17.1 Å². The summed E-state index contributed by atoms with van der Waals surface area (Å²) in [7, 11) is -4.12. The Morgan fingerprint density at radius 2 is 1.92 bits per heavy atom. The molecular formula is C8H7NO3S. The van der Waals surface area contributed by atoms with Crippen LogP contribution in [0.2, 0.25) is 0 Å². The summed E-state index contributed by atoms with van der Waals surface area (Å²) >= 11 is 0. The average molecular weight is 203 g/mol. The molecule has 2 aromatic rings. The zero-order valence-electron chi connectivity index (χ0n) is 6.56. The molecule has 0 fully saturated rings. The van der Waals surface area contributed by atoms with E-state index in [1.54, 1.807) is 24.3 Å². The summed E-state index contributed by atoms with van der Waals surface area (Å²) in [6.45, 7) is 0. The highest BCUT2D eigenvalue weighted by Gasteiger charge is 2.14. The fraction of sp³-hybridized carbons (Fsp3) is 0. The minimum Gasteiger partial charge on any atom is -0.360 e. The molecule has 5 heteroatoms. The number of aromatic nitrogens is 1. The lowest BCUT2D eigenvalue weighted by Gasteiger charge is -1.92. The Bertz CT molecular complexity index is 541. The third kappa shape index (κ3) is 1.32. The first-order chi connectivity index (χ1) is 6.09. The average Bonchev–Trinajstić information content (AvgIpc) is 2.45. The molecule has 0 amide bonds. The van der Waals surface area contributed by atoms with Crippen molar-refractivity contribution in [3.8, 4) is 0 Å². The Morgan fingerprint density at radius 1 is 1.23 bits per heavy atom. The van der Waals surface area contributed by atoms with Gasteiger partial charge in [-0.15, -0.1) is 0 Å². The van der Waals surface area contributed by atoms with Crippen LogP contribution in [0.25, 0.3) is 10.9 Å². The van der Waals surface area contributed by atoms with Crippen molar-refractivity contribution in [2.45, 2.75) is 4.90 Å². The molecule has 1 heterocycles. The van der Waals surface area contributed by atoms with Crippen LogP contribution in [0.3, 0.4) is 0 Å². The van der Waals surface area contributed by atoms with Crippen LogP contribution in [-0.4, -0.2) is 18.0 Å². The first-order valence-corrected chi connectivity index (χ1v) is 5.06. The maximum absolute atomic E-state index is 10.8. The first-order valence-electron chi connectivity index (χ1n) is 3.62. The molecular weight excluding hydrogens is 196 g/mol. The molecule has 0 atom stereocenters. The number of benzene rings is 1. The predicted molar refractivity (Wildman–Crippen MR) is 48.1 cm³/mol. The summed E-state index contributed by atoms with van der Waals surface area (Å²) < 4.78 is 30.5. The molecule has 4 nitrogen and oxygen atoms in total. The van der Waals surface area contributed by atoms with E-state index in [1.807, 2.05) is 0 Å². The standard InChI is InChI=1S/C8H7NO3S/c10-13(11,12)8-5-9-7-4-2-1-3-6(7)8/h1-5,9H,(H,10,11,12)/i1+1,2+1,3+1,4+1,6+1,7+1. The van der Waals surface area contributed by atoms with Gasteiger partial charge in [-0.05, 0) is 6.07 Å². The van der Waals surface area contributed by atoms with Crippen molar-refractivity contribution in [2.24, 2.45) is 0 Å². The zero-order chi connectivity index (χ0) is 9.47. The van der Waals surface area contributed by atoms with Crippen molar-refractivity contribution in [3.63, 3.8) is 0 Å². The first kappa shape index (κ1) is 8.28. The Hall–Kier alpha value is -1.33. The van der Waals surface area contributed by atoms with Crippen LogP contribution in [0.5, 0.6) is 0 Å². The van der Waals surface area contributed by atoms with Crippen LogP contribution < -0.4 is 0 Å². The van der Waals surface area contributed by atoms with Crippen molar-refractivity contribution >= 4 is 21.0 Å². The number of para-hydroxylation sites is 1. The van der Waals surface area contributed by atoms with E-state index in [-0.39, 0.29) is 4.90 Å². The summed E-state index contributed by atoms with van der Waals surface area (Å²) in [5.41, 5.74) is 0.690. The zero-order valence-corrected chi connectivity index (χ0v) is 7.38. The lowest BCUT2D eigenvalue weighted by atomic mass is 10.8. The van der Waals surface area contributed by atoms with Crippen LogP contribution in [0.4, 0.5) is 0 Å². The van der Waals surface area contributed by atoms with Crippen LogP contribution in [0.1, 0.15) is 0 Å². The number of fused-ring (bicyclic) bond motifs is 1. The van der Waals surface area contributed by atoms with Crippen molar-refractivity contribution in [1.82, 2.24) is 4.98 Å². The third-order valence-electron chi connectivity index (χ3n) is 1.83. The predicted octanol–water partition coefficient (Wildman–Crippen LogP) is 1.41. The van der Waals surface area contributed by atoms with Crippen LogP contribution >= 0.6 is 0 Å². The lowest BCUT2D eigenvalue weighted by Crippen LogP contribution is -1.95. The molecule has 0 aliphatic heterocycles. The fourth-order valence-corrected chi connectivity index (χ4v) is 1.92.